The van der Waals surface area contributed by atoms with Crippen LogP contribution in [0.25, 0.3) is 0 Å². The normalized spacial score (nSPS) is 22.0. The Labute approximate surface area is 87.3 Å². The molecule has 0 bridgehead atoms. The molecule has 0 spiro atoms. The standard InChI is InChI=1S/C8H11ClN2O2S/c1-11-7-3-2-4-8(14(9,12)13)6(7)5-10-11/h5,8H,2-4H2,1H3. The van der Waals surface area contributed by atoms with Crippen molar-refractivity contribution in [1.29, 1.82) is 0 Å². The third kappa shape index (κ3) is 1.54. The van der Waals surface area contributed by atoms with Gasteiger partial charge in [-0.25, -0.2) is 8.42 Å². The van der Waals surface area contributed by atoms with Gasteiger partial charge in [0, 0.05) is 29.0 Å². The molecule has 1 aliphatic rings. The number of hydrogen-bond donors (Lipinski definition) is 0. The van der Waals surface area contributed by atoms with Crippen molar-refractivity contribution in [2.75, 3.05) is 0 Å². The second-order valence-electron chi connectivity index (χ2n) is 3.53. The monoisotopic (exact) mass is 234 g/mol. The Morgan fingerprint density at radius 2 is 2.36 bits per heavy atom. The lowest BCUT2D eigenvalue weighted by atomic mass is 9.98. The van der Waals surface area contributed by atoms with Gasteiger partial charge < -0.3 is 0 Å². The maximum absolute atomic E-state index is 11.3. The molecule has 0 saturated carbocycles. The van der Waals surface area contributed by atoms with E-state index in [1.807, 2.05) is 7.05 Å². The number of nitrogens with zero attached hydrogens (tertiary/aromatic N) is 2. The van der Waals surface area contributed by atoms with Crippen LogP contribution in [0.3, 0.4) is 0 Å². The topological polar surface area (TPSA) is 52.0 Å². The fraction of sp³-hybridized carbons (Fsp3) is 0.625. The lowest BCUT2D eigenvalue weighted by molar-refractivity contribution is 0.564. The molecule has 0 saturated heterocycles. The van der Waals surface area contributed by atoms with Gasteiger partial charge in [0.2, 0.25) is 9.05 Å². The van der Waals surface area contributed by atoms with Crippen LogP contribution in [0.4, 0.5) is 0 Å². The highest BCUT2D eigenvalue weighted by atomic mass is 35.7. The summed E-state index contributed by atoms with van der Waals surface area (Å²) in [7, 11) is 3.70. The zero-order chi connectivity index (χ0) is 10.3. The van der Waals surface area contributed by atoms with Gasteiger partial charge >= 0.3 is 0 Å². The highest BCUT2D eigenvalue weighted by Crippen LogP contribution is 2.36. The summed E-state index contributed by atoms with van der Waals surface area (Å²) in [6, 6.07) is 0. The fourth-order valence-electron chi connectivity index (χ4n) is 1.96. The minimum atomic E-state index is -3.51. The number of fused-ring (bicyclic) bond motifs is 1. The van der Waals surface area contributed by atoms with Crippen LogP contribution in [0, 0.1) is 0 Å². The zero-order valence-corrected chi connectivity index (χ0v) is 9.35. The van der Waals surface area contributed by atoms with Crippen molar-refractivity contribution < 1.29 is 8.42 Å². The highest BCUT2D eigenvalue weighted by molar-refractivity contribution is 8.13. The van der Waals surface area contributed by atoms with Crippen LogP contribution >= 0.6 is 10.7 Å². The van der Waals surface area contributed by atoms with Gasteiger partial charge in [0.15, 0.2) is 0 Å². The van der Waals surface area contributed by atoms with Crippen molar-refractivity contribution in [1.82, 2.24) is 9.78 Å². The van der Waals surface area contributed by atoms with Crippen LogP contribution in [-0.2, 0) is 22.5 Å². The summed E-state index contributed by atoms with van der Waals surface area (Å²) >= 11 is 0. The molecule has 1 aromatic heterocycles. The van der Waals surface area contributed by atoms with E-state index in [2.05, 4.69) is 5.10 Å². The van der Waals surface area contributed by atoms with Gasteiger partial charge in [-0.15, -0.1) is 0 Å². The Bertz CT molecular complexity index is 452. The van der Waals surface area contributed by atoms with Gasteiger partial charge in [-0.1, -0.05) is 0 Å². The minimum Gasteiger partial charge on any atom is -0.272 e. The van der Waals surface area contributed by atoms with E-state index in [1.54, 1.807) is 10.9 Å². The fourth-order valence-corrected chi connectivity index (χ4v) is 3.46. The summed E-state index contributed by atoms with van der Waals surface area (Å²) < 4.78 is 24.3. The summed E-state index contributed by atoms with van der Waals surface area (Å²) in [6.45, 7) is 0. The molecule has 0 radical (unpaired) electrons. The van der Waals surface area contributed by atoms with Gasteiger partial charge in [0.1, 0.15) is 5.25 Å². The molecule has 4 nitrogen and oxygen atoms in total. The average molecular weight is 235 g/mol. The molecule has 1 aliphatic carbocycles. The van der Waals surface area contributed by atoms with E-state index in [4.69, 9.17) is 10.7 Å². The summed E-state index contributed by atoms with van der Waals surface area (Å²) in [5.74, 6) is 0. The molecular weight excluding hydrogens is 224 g/mol. The van der Waals surface area contributed by atoms with Gasteiger partial charge in [0.05, 0.1) is 6.20 Å². The van der Waals surface area contributed by atoms with E-state index in [1.165, 1.54) is 0 Å². The van der Waals surface area contributed by atoms with E-state index in [9.17, 15) is 8.42 Å². The third-order valence-electron chi connectivity index (χ3n) is 2.66. The van der Waals surface area contributed by atoms with E-state index in [0.29, 0.717) is 6.42 Å². The predicted octanol–water partition coefficient (Wildman–Crippen LogP) is 1.37. The van der Waals surface area contributed by atoms with Gasteiger partial charge in [-0.05, 0) is 19.3 Å². The predicted molar refractivity (Wildman–Crippen MR) is 53.7 cm³/mol. The first kappa shape index (κ1) is 9.98. The maximum Gasteiger partial charge on any atom is 0.239 e. The molecule has 0 aromatic carbocycles. The minimum absolute atomic E-state index is 0.568. The molecule has 14 heavy (non-hydrogen) atoms. The van der Waals surface area contributed by atoms with Crippen molar-refractivity contribution in [3.05, 3.63) is 17.5 Å². The van der Waals surface area contributed by atoms with Crippen LogP contribution in [0.2, 0.25) is 0 Å². The quantitative estimate of drug-likeness (QED) is 0.690. The molecule has 1 aromatic rings. The van der Waals surface area contributed by atoms with E-state index >= 15 is 0 Å². The number of rotatable bonds is 1. The molecule has 0 fully saturated rings. The average Bonchev–Trinajstić information content (AvgIpc) is 2.46. The first-order chi connectivity index (χ1) is 6.50. The van der Waals surface area contributed by atoms with E-state index in [-0.39, 0.29) is 0 Å². The molecule has 0 N–H and O–H groups in total. The second kappa shape index (κ2) is 3.24. The summed E-state index contributed by atoms with van der Waals surface area (Å²) in [5, 5.41) is 3.49. The smallest absolute Gasteiger partial charge is 0.239 e. The largest absolute Gasteiger partial charge is 0.272 e. The van der Waals surface area contributed by atoms with Crippen LogP contribution in [0.15, 0.2) is 6.20 Å². The lowest BCUT2D eigenvalue weighted by Gasteiger charge is -2.19. The molecule has 0 amide bonds. The van der Waals surface area contributed by atoms with Crippen molar-refractivity contribution in [2.24, 2.45) is 7.05 Å². The molecule has 6 heteroatoms. The Morgan fingerprint density at radius 3 is 3.00 bits per heavy atom. The first-order valence-electron chi connectivity index (χ1n) is 4.44. The highest BCUT2D eigenvalue weighted by Gasteiger charge is 2.32. The Hall–Kier alpha value is -0.550. The lowest BCUT2D eigenvalue weighted by Crippen LogP contribution is -2.15. The Balaban J connectivity index is 2.52. The number of halogens is 1. The third-order valence-corrected chi connectivity index (χ3v) is 4.48. The molecular formula is C8H11ClN2O2S. The summed E-state index contributed by atoms with van der Waals surface area (Å²) in [6.07, 6.45) is 3.95. The molecule has 1 unspecified atom stereocenters. The first-order valence-corrected chi connectivity index (χ1v) is 6.81. The van der Waals surface area contributed by atoms with E-state index < -0.39 is 14.3 Å². The number of aryl methyl sites for hydroxylation is 1. The van der Waals surface area contributed by atoms with Crippen molar-refractivity contribution >= 4 is 19.7 Å². The van der Waals surface area contributed by atoms with Gasteiger partial charge in [-0.3, -0.25) is 4.68 Å². The molecule has 0 aliphatic heterocycles. The number of aromatic nitrogens is 2. The molecule has 1 atom stereocenters. The maximum atomic E-state index is 11.3. The summed E-state index contributed by atoms with van der Waals surface area (Å²) in [4.78, 5) is 0. The van der Waals surface area contributed by atoms with Crippen LogP contribution in [-0.4, -0.2) is 18.2 Å². The molecule has 1 heterocycles. The SMILES string of the molecule is Cn1ncc2c1CCCC2S(=O)(=O)Cl. The summed E-state index contributed by atoms with van der Waals surface area (Å²) in [5.41, 5.74) is 1.76. The van der Waals surface area contributed by atoms with E-state index in [0.717, 1.165) is 24.1 Å². The van der Waals surface area contributed by atoms with Crippen LogP contribution in [0.5, 0.6) is 0 Å². The Kier molecular flexibility index (Phi) is 2.31. The molecule has 78 valence electrons. The van der Waals surface area contributed by atoms with Gasteiger partial charge in [0.25, 0.3) is 0 Å². The van der Waals surface area contributed by atoms with Crippen molar-refractivity contribution in [2.45, 2.75) is 24.5 Å². The second-order valence-corrected chi connectivity index (χ2v) is 6.34. The van der Waals surface area contributed by atoms with Crippen LogP contribution < -0.4 is 0 Å². The molecule has 2 rings (SSSR count). The Morgan fingerprint density at radius 1 is 1.64 bits per heavy atom. The zero-order valence-electron chi connectivity index (χ0n) is 7.77. The number of hydrogen-bond acceptors (Lipinski definition) is 3. The van der Waals surface area contributed by atoms with Crippen molar-refractivity contribution in [3.8, 4) is 0 Å². The van der Waals surface area contributed by atoms with Crippen LogP contribution in [0.1, 0.15) is 29.3 Å². The van der Waals surface area contributed by atoms with Crippen molar-refractivity contribution in [3.63, 3.8) is 0 Å². The van der Waals surface area contributed by atoms with Gasteiger partial charge in [-0.2, -0.15) is 5.10 Å².